The number of ketones is 1. The van der Waals surface area contributed by atoms with Crippen LogP contribution in [0.3, 0.4) is 0 Å². The average Bonchev–Trinajstić information content (AvgIpc) is 3.56. The van der Waals surface area contributed by atoms with Crippen molar-refractivity contribution in [1.29, 1.82) is 0 Å². The molecule has 0 saturated carbocycles. The van der Waals surface area contributed by atoms with Gasteiger partial charge in [0.1, 0.15) is 5.76 Å². The van der Waals surface area contributed by atoms with E-state index in [1.807, 2.05) is 41.8 Å². The molecular formula is C26H22N2O5S. The molecule has 0 aliphatic carbocycles. The van der Waals surface area contributed by atoms with Gasteiger partial charge in [0.25, 0.3) is 11.7 Å². The number of para-hydroxylation sites is 1. The van der Waals surface area contributed by atoms with E-state index >= 15 is 0 Å². The van der Waals surface area contributed by atoms with Crippen LogP contribution in [0, 0.1) is 0 Å². The van der Waals surface area contributed by atoms with Crippen molar-refractivity contribution in [2.24, 2.45) is 0 Å². The third-order valence-corrected chi connectivity index (χ3v) is 6.75. The fourth-order valence-electron chi connectivity index (χ4n) is 4.34. The number of benzene rings is 2. The summed E-state index contributed by atoms with van der Waals surface area (Å²) >= 11 is 1.48. The highest BCUT2D eigenvalue weighted by atomic mass is 32.1. The number of H-pyrrole nitrogens is 1. The first-order valence-corrected chi connectivity index (χ1v) is 11.7. The predicted octanol–water partition coefficient (Wildman–Crippen LogP) is 4.96. The quantitative estimate of drug-likeness (QED) is 0.208. The number of nitrogens with one attached hydrogen (secondary N) is 1. The van der Waals surface area contributed by atoms with Gasteiger partial charge >= 0.3 is 0 Å². The maximum Gasteiger partial charge on any atom is 0.295 e. The van der Waals surface area contributed by atoms with E-state index < -0.39 is 17.7 Å². The molecule has 1 fully saturated rings. The summed E-state index contributed by atoms with van der Waals surface area (Å²) in [4.78, 5) is 31.9. The Hall–Kier alpha value is -4.04. The fraction of sp³-hybridized carbons (Fsp3) is 0.154. The van der Waals surface area contributed by atoms with E-state index in [-0.39, 0.29) is 29.4 Å². The van der Waals surface area contributed by atoms with Crippen LogP contribution in [0.5, 0.6) is 11.5 Å². The van der Waals surface area contributed by atoms with Crippen molar-refractivity contribution in [2.75, 3.05) is 6.61 Å². The van der Waals surface area contributed by atoms with Gasteiger partial charge in [0.2, 0.25) is 0 Å². The molecule has 1 unspecified atom stereocenters. The highest BCUT2D eigenvalue weighted by Gasteiger charge is 2.46. The summed E-state index contributed by atoms with van der Waals surface area (Å²) in [5.74, 6) is -1.49. The summed E-state index contributed by atoms with van der Waals surface area (Å²) in [6, 6.07) is 15.1. The number of thiophene rings is 1. The number of carbonyl (C=O) groups is 2. The van der Waals surface area contributed by atoms with Gasteiger partial charge in [0.15, 0.2) is 11.5 Å². The first kappa shape index (κ1) is 21.8. The Morgan fingerprint density at radius 1 is 1.15 bits per heavy atom. The third kappa shape index (κ3) is 3.62. The lowest BCUT2D eigenvalue weighted by molar-refractivity contribution is -0.140. The monoisotopic (exact) mass is 474 g/mol. The van der Waals surface area contributed by atoms with Gasteiger partial charge in [-0.05, 0) is 42.1 Å². The summed E-state index contributed by atoms with van der Waals surface area (Å²) < 4.78 is 5.54. The van der Waals surface area contributed by atoms with Crippen LogP contribution in [0.4, 0.5) is 0 Å². The van der Waals surface area contributed by atoms with Crippen molar-refractivity contribution in [3.63, 3.8) is 0 Å². The second-order valence-electron chi connectivity index (χ2n) is 7.91. The lowest BCUT2D eigenvalue weighted by Gasteiger charge is -2.25. The highest BCUT2D eigenvalue weighted by molar-refractivity contribution is 7.09. The first-order chi connectivity index (χ1) is 16.5. The summed E-state index contributed by atoms with van der Waals surface area (Å²) in [6.07, 6.45) is 1.63. The zero-order chi connectivity index (χ0) is 23.8. The fourth-order valence-corrected chi connectivity index (χ4v) is 5.05. The lowest BCUT2D eigenvalue weighted by atomic mass is 9.95. The number of likely N-dealkylation sites (tertiary alicyclic amines) is 1. The van der Waals surface area contributed by atoms with Gasteiger partial charge in [-0.2, -0.15) is 0 Å². The molecule has 1 saturated heterocycles. The molecule has 5 rings (SSSR count). The summed E-state index contributed by atoms with van der Waals surface area (Å²) in [7, 11) is 0. The van der Waals surface area contributed by atoms with Gasteiger partial charge in [-0.3, -0.25) is 9.59 Å². The van der Waals surface area contributed by atoms with Crippen molar-refractivity contribution in [3.05, 3.63) is 87.8 Å². The molecule has 8 heteroatoms. The van der Waals surface area contributed by atoms with Crippen LogP contribution >= 0.6 is 11.3 Å². The summed E-state index contributed by atoms with van der Waals surface area (Å²) in [5.41, 5.74) is 1.80. The molecule has 0 spiro atoms. The van der Waals surface area contributed by atoms with E-state index in [2.05, 4.69) is 4.98 Å². The number of aromatic hydroxyl groups is 1. The topological polar surface area (TPSA) is 103 Å². The van der Waals surface area contributed by atoms with Crippen LogP contribution in [-0.2, 0) is 16.1 Å². The minimum atomic E-state index is -0.851. The van der Waals surface area contributed by atoms with Crippen LogP contribution in [0.25, 0.3) is 16.7 Å². The van der Waals surface area contributed by atoms with E-state index in [9.17, 15) is 19.8 Å². The highest BCUT2D eigenvalue weighted by Crippen LogP contribution is 2.43. The lowest BCUT2D eigenvalue weighted by Crippen LogP contribution is -2.28. The van der Waals surface area contributed by atoms with Crippen LogP contribution in [0.2, 0.25) is 0 Å². The number of Topliss-reactive ketones (excluding diaryl/α,β-unsaturated/α-hetero) is 1. The van der Waals surface area contributed by atoms with Gasteiger partial charge < -0.3 is 24.8 Å². The first-order valence-electron chi connectivity index (χ1n) is 10.8. The molecule has 2 aromatic carbocycles. The van der Waals surface area contributed by atoms with E-state index in [1.54, 1.807) is 25.3 Å². The van der Waals surface area contributed by atoms with Gasteiger partial charge in [-0.15, -0.1) is 11.3 Å². The van der Waals surface area contributed by atoms with Crippen molar-refractivity contribution < 1.29 is 24.5 Å². The third-order valence-electron chi connectivity index (χ3n) is 5.89. The minimum Gasteiger partial charge on any atom is -0.507 e. The Morgan fingerprint density at radius 3 is 2.74 bits per heavy atom. The molecule has 172 valence electrons. The molecule has 34 heavy (non-hydrogen) atoms. The number of aromatic amines is 1. The molecule has 2 aromatic heterocycles. The molecule has 0 bridgehead atoms. The van der Waals surface area contributed by atoms with E-state index in [1.165, 1.54) is 22.3 Å². The SMILES string of the molecule is CCOc1cc(C2/C(=C(/O)c3c[nH]c4ccccc34)C(=O)C(=O)N2Cc2cccs2)ccc1O. The largest absolute Gasteiger partial charge is 0.507 e. The summed E-state index contributed by atoms with van der Waals surface area (Å²) in [6.45, 7) is 2.34. The van der Waals surface area contributed by atoms with Gasteiger partial charge in [0, 0.05) is 27.5 Å². The Morgan fingerprint density at radius 2 is 1.97 bits per heavy atom. The Labute approximate surface area is 199 Å². The van der Waals surface area contributed by atoms with Crippen molar-refractivity contribution in [3.8, 4) is 11.5 Å². The number of aliphatic hydroxyl groups is 1. The number of fused-ring (bicyclic) bond motifs is 1. The molecule has 1 atom stereocenters. The standard InChI is InChI=1S/C26H22N2O5S/c1-2-33-21-12-15(9-10-20(21)29)23-22(24(30)18-13-27-19-8-4-3-7-17(18)19)25(31)26(32)28(23)14-16-6-5-11-34-16/h3-13,23,27,29-30H,2,14H2,1H3/b24-22-. The normalized spacial score (nSPS) is 17.6. The number of rotatable bonds is 6. The van der Waals surface area contributed by atoms with Crippen LogP contribution in [-0.4, -0.2) is 38.4 Å². The molecule has 1 aliphatic rings. The number of nitrogens with zero attached hydrogens (tertiary/aromatic N) is 1. The van der Waals surface area contributed by atoms with E-state index in [0.717, 1.165) is 15.8 Å². The van der Waals surface area contributed by atoms with Crippen LogP contribution in [0.15, 0.2) is 71.7 Å². The van der Waals surface area contributed by atoms with Crippen molar-refractivity contribution >= 4 is 39.7 Å². The number of phenols is 1. The van der Waals surface area contributed by atoms with Crippen LogP contribution < -0.4 is 4.74 Å². The van der Waals surface area contributed by atoms with E-state index in [0.29, 0.717) is 17.7 Å². The number of ether oxygens (including phenoxy) is 1. The number of carbonyl (C=O) groups excluding carboxylic acids is 2. The Kier molecular flexibility index (Phi) is 5.59. The minimum absolute atomic E-state index is 0.000512. The number of amides is 1. The van der Waals surface area contributed by atoms with Crippen molar-refractivity contribution in [2.45, 2.75) is 19.5 Å². The Bertz CT molecular complexity index is 1420. The maximum atomic E-state index is 13.3. The zero-order valence-corrected chi connectivity index (χ0v) is 19.1. The number of phenolic OH excluding ortho intramolecular Hbond substituents is 1. The Balaban J connectivity index is 1.70. The molecule has 1 aliphatic heterocycles. The maximum absolute atomic E-state index is 13.3. The molecule has 3 heterocycles. The second-order valence-corrected chi connectivity index (χ2v) is 8.95. The van der Waals surface area contributed by atoms with Gasteiger partial charge in [0.05, 0.1) is 24.8 Å². The van der Waals surface area contributed by atoms with Crippen LogP contribution in [0.1, 0.15) is 29.0 Å². The zero-order valence-electron chi connectivity index (χ0n) is 18.3. The number of hydrogen-bond donors (Lipinski definition) is 3. The second kappa shape index (κ2) is 8.72. The van der Waals surface area contributed by atoms with Gasteiger partial charge in [-0.25, -0.2) is 0 Å². The molecule has 7 nitrogen and oxygen atoms in total. The molecule has 4 aromatic rings. The molecular weight excluding hydrogens is 452 g/mol. The predicted molar refractivity (Wildman–Crippen MR) is 130 cm³/mol. The molecule has 1 amide bonds. The van der Waals surface area contributed by atoms with E-state index in [4.69, 9.17) is 4.74 Å². The molecule has 3 N–H and O–H groups in total. The average molecular weight is 475 g/mol. The van der Waals surface area contributed by atoms with Gasteiger partial charge in [-0.1, -0.05) is 30.3 Å². The number of aliphatic hydroxyl groups excluding tert-OH is 1. The molecule has 0 radical (unpaired) electrons. The smallest absolute Gasteiger partial charge is 0.295 e. The van der Waals surface area contributed by atoms with Crippen molar-refractivity contribution in [1.82, 2.24) is 9.88 Å². The number of hydrogen-bond acceptors (Lipinski definition) is 6. The summed E-state index contributed by atoms with van der Waals surface area (Å²) in [5, 5.41) is 24.2. The number of aromatic nitrogens is 1.